The highest BCUT2D eigenvalue weighted by molar-refractivity contribution is 5.75. The number of ether oxygens (including phenoxy) is 1. The molecule has 2 N–H and O–H groups in total. The number of anilines is 1. The molecule has 3 aromatic rings. The molecular formula is C25H31FN4O3. The van der Waals surface area contributed by atoms with Crippen molar-refractivity contribution in [3.8, 4) is 0 Å². The summed E-state index contributed by atoms with van der Waals surface area (Å²) in [4.78, 5) is 19.3. The first kappa shape index (κ1) is 23.0. The van der Waals surface area contributed by atoms with Crippen LogP contribution in [0.2, 0.25) is 0 Å². The Morgan fingerprint density at radius 3 is 2.79 bits per heavy atom. The number of nitrogens with zero attached hydrogens (tertiary/aromatic N) is 3. The normalized spacial score (nSPS) is 15.4. The average Bonchev–Trinajstić information content (AvgIpc) is 3.36. The molecule has 33 heavy (non-hydrogen) atoms. The summed E-state index contributed by atoms with van der Waals surface area (Å²) in [6, 6.07) is 12.0. The van der Waals surface area contributed by atoms with E-state index in [0.717, 1.165) is 28.7 Å². The highest BCUT2D eigenvalue weighted by atomic mass is 19.1. The summed E-state index contributed by atoms with van der Waals surface area (Å²) in [6.07, 6.45) is 1.51. The van der Waals surface area contributed by atoms with Gasteiger partial charge in [-0.05, 0) is 42.3 Å². The third kappa shape index (κ3) is 5.27. The predicted octanol–water partition coefficient (Wildman–Crippen LogP) is 3.74. The van der Waals surface area contributed by atoms with E-state index in [1.165, 1.54) is 6.07 Å². The van der Waals surface area contributed by atoms with Gasteiger partial charge in [0.25, 0.3) is 0 Å². The quantitative estimate of drug-likeness (QED) is 0.569. The van der Waals surface area contributed by atoms with Crippen LogP contribution >= 0.6 is 0 Å². The van der Waals surface area contributed by atoms with Crippen LogP contribution in [0.5, 0.6) is 0 Å². The number of aliphatic hydroxyl groups is 1. The lowest BCUT2D eigenvalue weighted by atomic mass is 9.89. The van der Waals surface area contributed by atoms with Crippen LogP contribution in [-0.2, 0) is 17.7 Å². The van der Waals surface area contributed by atoms with Gasteiger partial charge in [0, 0.05) is 24.2 Å². The molecule has 1 aliphatic heterocycles. The Labute approximate surface area is 193 Å². The van der Waals surface area contributed by atoms with Gasteiger partial charge in [0.1, 0.15) is 11.9 Å². The number of para-hydroxylation sites is 2. The minimum absolute atomic E-state index is 0.228. The van der Waals surface area contributed by atoms with Gasteiger partial charge >= 0.3 is 6.09 Å². The van der Waals surface area contributed by atoms with Crippen LogP contribution in [0.4, 0.5) is 14.9 Å². The van der Waals surface area contributed by atoms with E-state index < -0.39 is 18.2 Å². The van der Waals surface area contributed by atoms with Crippen molar-refractivity contribution in [1.29, 1.82) is 0 Å². The monoisotopic (exact) mass is 454 g/mol. The molecule has 0 spiro atoms. The Kier molecular flexibility index (Phi) is 6.56. The van der Waals surface area contributed by atoms with E-state index in [-0.39, 0.29) is 17.8 Å². The van der Waals surface area contributed by atoms with Gasteiger partial charge in [-0.1, -0.05) is 32.9 Å². The zero-order valence-electron chi connectivity index (χ0n) is 19.3. The van der Waals surface area contributed by atoms with Gasteiger partial charge in [-0.3, -0.25) is 0 Å². The summed E-state index contributed by atoms with van der Waals surface area (Å²) in [7, 11) is 0. The number of carbonyl (C=O) groups is 1. The van der Waals surface area contributed by atoms with Gasteiger partial charge < -0.3 is 24.6 Å². The van der Waals surface area contributed by atoms with E-state index in [4.69, 9.17) is 4.74 Å². The fourth-order valence-corrected chi connectivity index (χ4v) is 4.20. The molecule has 176 valence electrons. The van der Waals surface area contributed by atoms with Crippen LogP contribution in [0.3, 0.4) is 0 Å². The fraction of sp³-hybridized carbons (Fsp3) is 0.440. The predicted molar refractivity (Wildman–Crippen MR) is 126 cm³/mol. The maximum absolute atomic E-state index is 13.5. The average molecular weight is 455 g/mol. The molecule has 0 saturated heterocycles. The van der Waals surface area contributed by atoms with Gasteiger partial charge in [0.2, 0.25) is 0 Å². The second kappa shape index (κ2) is 9.39. The van der Waals surface area contributed by atoms with Crippen molar-refractivity contribution < 1.29 is 19.0 Å². The maximum Gasteiger partial charge on any atom is 0.407 e. The molecule has 0 unspecified atom stereocenters. The minimum atomic E-state index is -0.572. The maximum atomic E-state index is 13.5. The zero-order chi connectivity index (χ0) is 23.6. The van der Waals surface area contributed by atoms with E-state index in [2.05, 4.69) is 15.2 Å². The smallest absolute Gasteiger partial charge is 0.407 e. The number of carbonyl (C=O) groups excluding carboxylic acids is 1. The van der Waals surface area contributed by atoms with Crippen LogP contribution in [0.25, 0.3) is 11.0 Å². The summed E-state index contributed by atoms with van der Waals surface area (Å²) in [5.74, 6) is -0.255. The van der Waals surface area contributed by atoms with Gasteiger partial charge in [-0.15, -0.1) is 0 Å². The van der Waals surface area contributed by atoms with Crippen molar-refractivity contribution in [3.63, 3.8) is 0 Å². The van der Waals surface area contributed by atoms with E-state index >= 15 is 0 Å². The van der Waals surface area contributed by atoms with E-state index in [9.17, 15) is 14.3 Å². The first-order chi connectivity index (χ1) is 15.7. The number of aliphatic hydroxyl groups excluding tert-OH is 1. The summed E-state index contributed by atoms with van der Waals surface area (Å²) in [5.41, 5.74) is 3.43. The lowest BCUT2D eigenvalue weighted by molar-refractivity contribution is 0.0185. The molecule has 2 heterocycles. The second-order valence-corrected chi connectivity index (χ2v) is 9.64. The molecule has 2 atom stereocenters. The van der Waals surface area contributed by atoms with Crippen molar-refractivity contribution in [2.45, 2.75) is 45.9 Å². The van der Waals surface area contributed by atoms with E-state index in [1.807, 2.05) is 49.6 Å². The Balaban J connectivity index is 1.40. The standard InChI is InChI=1S/C25H31FN4O3/c1-25(2,3)23(14-30-16-27-20-6-4-5-7-22(20)30)33-24(32)28-19(15-31)13-29-11-10-17-12-18(26)8-9-21(17)29/h4-9,12,16,19,23,31H,10-11,13-15H2,1-3H3,(H,28,32)/t19-,23-/m1/s1. The summed E-state index contributed by atoms with van der Waals surface area (Å²) in [5, 5.41) is 12.7. The van der Waals surface area contributed by atoms with Crippen LogP contribution in [0, 0.1) is 11.2 Å². The summed E-state index contributed by atoms with van der Waals surface area (Å²) < 4.78 is 21.3. The highest BCUT2D eigenvalue weighted by Crippen LogP contribution is 2.29. The molecule has 8 heteroatoms. The number of nitrogens with one attached hydrogen (secondary N) is 1. The minimum Gasteiger partial charge on any atom is -0.444 e. The molecule has 0 saturated carbocycles. The second-order valence-electron chi connectivity index (χ2n) is 9.64. The largest absolute Gasteiger partial charge is 0.444 e. The number of alkyl carbamates (subject to hydrolysis) is 1. The van der Waals surface area contributed by atoms with Crippen LogP contribution in [0.15, 0.2) is 48.8 Å². The molecule has 0 bridgehead atoms. The Bertz CT molecular complexity index is 1120. The van der Waals surface area contributed by atoms with E-state index in [1.54, 1.807) is 18.5 Å². The molecule has 1 aromatic heterocycles. The zero-order valence-corrected chi connectivity index (χ0v) is 19.3. The first-order valence-corrected chi connectivity index (χ1v) is 11.3. The Morgan fingerprint density at radius 1 is 1.24 bits per heavy atom. The molecule has 2 aromatic carbocycles. The van der Waals surface area contributed by atoms with Crippen molar-refractivity contribution >= 4 is 22.8 Å². The SMILES string of the molecule is CC(C)(C)[C@@H](Cn1cnc2ccccc21)OC(=O)N[C@@H](CO)CN1CCc2cc(F)ccc21. The molecule has 7 nitrogen and oxygen atoms in total. The van der Waals surface area contributed by atoms with Gasteiger partial charge in [-0.25, -0.2) is 14.2 Å². The van der Waals surface area contributed by atoms with Crippen molar-refractivity contribution in [2.75, 3.05) is 24.6 Å². The molecule has 0 radical (unpaired) electrons. The number of halogens is 1. The number of hydrogen-bond acceptors (Lipinski definition) is 5. The number of aromatic nitrogens is 2. The first-order valence-electron chi connectivity index (χ1n) is 11.3. The third-order valence-corrected chi connectivity index (χ3v) is 6.12. The van der Waals surface area contributed by atoms with Crippen LogP contribution < -0.4 is 10.2 Å². The van der Waals surface area contributed by atoms with Crippen LogP contribution in [-0.4, -0.2) is 52.6 Å². The summed E-state index contributed by atoms with van der Waals surface area (Å²) in [6.45, 7) is 7.43. The third-order valence-electron chi connectivity index (χ3n) is 6.12. The number of benzene rings is 2. The number of amides is 1. The number of rotatable bonds is 7. The number of fused-ring (bicyclic) bond motifs is 2. The molecule has 4 rings (SSSR count). The molecule has 1 amide bonds. The number of imidazole rings is 1. The van der Waals surface area contributed by atoms with Gasteiger partial charge in [0.15, 0.2) is 0 Å². The van der Waals surface area contributed by atoms with Crippen LogP contribution in [0.1, 0.15) is 26.3 Å². The Hall–Kier alpha value is -3.13. The molecule has 1 aliphatic rings. The number of hydrogen-bond donors (Lipinski definition) is 2. The van der Waals surface area contributed by atoms with Crippen molar-refractivity contribution in [3.05, 3.63) is 60.2 Å². The van der Waals surface area contributed by atoms with E-state index in [0.29, 0.717) is 19.6 Å². The summed E-state index contributed by atoms with van der Waals surface area (Å²) >= 11 is 0. The molecule has 0 fully saturated rings. The lowest BCUT2D eigenvalue weighted by Crippen LogP contribution is -2.48. The molecule has 0 aliphatic carbocycles. The van der Waals surface area contributed by atoms with Gasteiger partial charge in [0.05, 0.1) is 36.6 Å². The topological polar surface area (TPSA) is 79.6 Å². The van der Waals surface area contributed by atoms with Crippen molar-refractivity contribution in [1.82, 2.24) is 14.9 Å². The van der Waals surface area contributed by atoms with Gasteiger partial charge in [-0.2, -0.15) is 0 Å². The lowest BCUT2D eigenvalue weighted by Gasteiger charge is -2.32. The molecular weight excluding hydrogens is 423 g/mol. The Morgan fingerprint density at radius 2 is 2.03 bits per heavy atom. The van der Waals surface area contributed by atoms with Crippen molar-refractivity contribution in [2.24, 2.45) is 5.41 Å². The fourth-order valence-electron chi connectivity index (χ4n) is 4.20. The highest BCUT2D eigenvalue weighted by Gasteiger charge is 2.30.